The third-order valence-corrected chi connectivity index (χ3v) is 0. The largest absolute Gasteiger partial charge is 3.00 e. The number of quaternary nitrogens is 2. The number of rotatable bonds is 0. The summed E-state index contributed by atoms with van der Waals surface area (Å²) in [6.07, 6.45) is 0. The Bertz CT molecular complexity index is 211. The second-order valence-corrected chi connectivity index (χ2v) is 1.12. The van der Waals surface area contributed by atoms with Crippen molar-refractivity contribution >= 4 is 0 Å². The van der Waals surface area contributed by atoms with Crippen LogP contribution in [0.1, 0.15) is 0 Å². The molecular formula is H8ErN7O15. The van der Waals surface area contributed by atoms with E-state index in [1.165, 1.54) is 0 Å². The Labute approximate surface area is 151 Å². The van der Waals surface area contributed by atoms with Gasteiger partial charge >= 0.3 is 37.3 Å². The smallest absolute Gasteiger partial charge is 0.369 e. The molecule has 8 N–H and O–H groups in total. The third-order valence-electron chi connectivity index (χ3n) is 0. The molecule has 22 nitrogen and oxygen atoms in total. The molecule has 23 heavy (non-hydrogen) atoms. The zero-order valence-corrected chi connectivity index (χ0v) is 12.5. The van der Waals surface area contributed by atoms with Crippen LogP contribution in [0.15, 0.2) is 0 Å². The van der Waals surface area contributed by atoms with Crippen molar-refractivity contribution in [3.05, 3.63) is 76.6 Å². The topological polar surface area (TPSA) is 404 Å². The SMILES string of the molecule is O=[N+]([O-])[O-].O=[N+]([O-])[O-].O=[N+]([O-])[O-].O=[N+]([O-])[O-].O=[N+]([O-])[O-].[Er+3].[NH4+].[NH4+]. The molecule has 0 aromatic heterocycles. The van der Waals surface area contributed by atoms with Gasteiger partial charge in [0.15, 0.2) is 0 Å². The molecule has 0 aliphatic heterocycles. The van der Waals surface area contributed by atoms with Crippen LogP contribution in [0.3, 0.4) is 0 Å². The first-order valence-corrected chi connectivity index (χ1v) is 2.74. The van der Waals surface area contributed by atoms with Gasteiger partial charge in [0, 0.05) is 0 Å². The third kappa shape index (κ3) is 704. The average Bonchev–Trinajstić information content (AvgIpc) is 1.94. The summed E-state index contributed by atoms with van der Waals surface area (Å²) in [4.78, 5) is 41.2. The van der Waals surface area contributed by atoms with Crippen LogP contribution in [-0.4, -0.2) is 25.4 Å². The van der Waals surface area contributed by atoms with Gasteiger partial charge in [-0.15, -0.1) is 0 Å². The first-order valence-electron chi connectivity index (χ1n) is 2.74. The summed E-state index contributed by atoms with van der Waals surface area (Å²) in [6.45, 7) is 0. The fourth-order valence-corrected chi connectivity index (χ4v) is 0. The zero-order chi connectivity index (χ0) is 17.9. The molecule has 0 saturated carbocycles. The van der Waals surface area contributed by atoms with Gasteiger partial charge in [-0.25, -0.2) is 0 Å². The summed E-state index contributed by atoms with van der Waals surface area (Å²) >= 11 is 0. The first-order chi connectivity index (χ1) is 8.66. The van der Waals surface area contributed by atoms with E-state index in [0.717, 1.165) is 0 Å². The van der Waals surface area contributed by atoms with Crippen LogP contribution in [0, 0.1) is 114 Å². The number of nitrogens with zero attached hydrogens (tertiary/aromatic N) is 5. The van der Waals surface area contributed by atoms with Crippen LogP contribution >= 0.6 is 0 Å². The monoisotopic (exact) mass is 512 g/mol. The van der Waals surface area contributed by atoms with E-state index in [9.17, 15) is 0 Å². The van der Waals surface area contributed by atoms with Gasteiger partial charge < -0.3 is 88.9 Å². The summed E-state index contributed by atoms with van der Waals surface area (Å²) < 4.78 is 0. The Morgan fingerprint density at radius 3 is 0.348 bits per heavy atom. The van der Waals surface area contributed by atoms with Crippen LogP contribution < -0.4 is 12.3 Å². The first kappa shape index (κ1) is 50.0. The van der Waals surface area contributed by atoms with E-state index in [1.807, 2.05) is 0 Å². The van der Waals surface area contributed by atoms with Crippen LogP contribution in [0.25, 0.3) is 0 Å². The van der Waals surface area contributed by atoms with Crippen molar-refractivity contribution in [1.29, 1.82) is 0 Å². The van der Waals surface area contributed by atoms with Crippen molar-refractivity contribution in [3.8, 4) is 0 Å². The van der Waals surface area contributed by atoms with Gasteiger partial charge in [-0.2, -0.15) is 0 Å². The summed E-state index contributed by atoms with van der Waals surface area (Å²) in [5, 5.41) is 73.8. The molecule has 0 fully saturated rings. The summed E-state index contributed by atoms with van der Waals surface area (Å²) in [5.74, 6) is 0. The van der Waals surface area contributed by atoms with E-state index in [4.69, 9.17) is 76.6 Å². The number of hydrogen-bond donors (Lipinski definition) is 2. The molecule has 0 heterocycles. The van der Waals surface area contributed by atoms with Crippen molar-refractivity contribution in [1.82, 2.24) is 12.3 Å². The van der Waals surface area contributed by atoms with E-state index in [0.29, 0.717) is 0 Å². The van der Waals surface area contributed by atoms with Crippen molar-refractivity contribution in [2.45, 2.75) is 0 Å². The Morgan fingerprint density at radius 2 is 0.348 bits per heavy atom. The predicted molar refractivity (Wildman–Crippen MR) is 63.8 cm³/mol. The van der Waals surface area contributed by atoms with Gasteiger partial charge in [-0.05, 0) is 0 Å². The zero-order valence-electron chi connectivity index (χ0n) is 10.6. The molecule has 0 aliphatic rings. The molecule has 0 unspecified atom stereocenters. The molecular weight excluding hydrogens is 505 g/mol. The standard InChI is InChI=1S/Er.5NO3.2H3N/c;5*2-1(3)4;;/h;;;;;;2*1H3/q+3;5*-1;;/p+2. The molecule has 0 atom stereocenters. The van der Waals surface area contributed by atoms with E-state index >= 15 is 0 Å². The van der Waals surface area contributed by atoms with Gasteiger partial charge in [-0.3, -0.25) is 0 Å². The van der Waals surface area contributed by atoms with Gasteiger partial charge in [-0.1, -0.05) is 0 Å². The Hall–Kier alpha value is -2.83. The van der Waals surface area contributed by atoms with Crippen LogP contribution in [-0.2, 0) is 0 Å². The fraction of sp³-hybridized carbons (Fsp3) is 0. The number of hydrogen-bond acceptors (Lipinski definition) is 15. The molecule has 0 aromatic carbocycles. The summed E-state index contributed by atoms with van der Waals surface area (Å²) in [6, 6.07) is 0. The maximum atomic E-state index is 8.25. The fourth-order valence-electron chi connectivity index (χ4n) is 0. The molecule has 0 rings (SSSR count). The van der Waals surface area contributed by atoms with E-state index in [-0.39, 0.29) is 49.6 Å². The molecule has 145 valence electrons. The minimum absolute atomic E-state index is 0. The molecule has 0 amide bonds. The molecule has 0 saturated heterocycles. The minimum atomic E-state index is -1.75. The van der Waals surface area contributed by atoms with E-state index in [1.54, 1.807) is 0 Å². The Kier molecular flexibility index (Phi) is 93.0. The van der Waals surface area contributed by atoms with Gasteiger partial charge in [0.1, 0.15) is 0 Å². The van der Waals surface area contributed by atoms with Crippen molar-refractivity contribution < 1.29 is 62.7 Å². The average molecular weight is 513 g/mol. The van der Waals surface area contributed by atoms with Crippen LogP contribution in [0.5, 0.6) is 0 Å². The Balaban J connectivity index is -0.0000000197. The molecule has 0 bridgehead atoms. The van der Waals surface area contributed by atoms with Crippen molar-refractivity contribution in [2.75, 3.05) is 0 Å². The summed E-state index contributed by atoms with van der Waals surface area (Å²) in [7, 11) is 0. The van der Waals surface area contributed by atoms with Gasteiger partial charge in [0.25, 0.3) is 0 Å². The molecule has 0 aliphatic carbocycles. The summed E-state index contributed by atoms with van der Waals surface area (Å²) in [5.41, 5.74) is 0. The van der Waals surface area contributed by atoms with E-state index in [2.05, 4.69) is 0 Å². The maximum absolute atomic E-state index is 8.25. The van der Waals surface area contributed by atoms with Crippen molar-refractivity contribution in [2.24, 2.45) is 0 Å². The molecule has 1 radical (unpaired) electrons. The van der Waals surface area contributed by atoms with Crippen LogP contribution in [0.2, 0.25) is 0 Å². The second-order valence-electron chi connectivity index (χ2n) is 1.12. The molecule has 0 spiro atoms. The minimum Gasteiger partial charge on any atom is -0.369 e. The normalized spacial score (nSPS) is 5.22. The van der Waals surface area contributed by atoms with Crippen molar-refractivity contribution in [3.63, 3.8) is 0 Å². The quantitative estimate of drug-likeness (QED) is 0.306. The second kappa shape index (κ2) is 42.7. The van der Waals surface area contributed by atoms with Crippen LogP contribution in [0.4, 0.5) is 0 Å². The Morgan fingerprint density at radius 1 is 0.348 bits per heavy atom. The van der Waals surface area contributed by atoms with Gasteiger partial charge in [0.2, 0.25) is 0 Å². The molecule has 0 aromatic rings. The maximum Gasteiger partial charge on any atom is 3.00 e. The van der Waals surface area contributed by atoms with Gasteiger partial charge in [0.05, 0.1) is 25.4 Å². The predicted octanol–water partition coefficient (Wildman–Crippen LogP) is -0.443. The molecule has 23 heteroatoms. The van der Waals surface area contributed by atoms with E-state index < -0.39 is 25.4 Å².